The van der Waals surface area contributed by atoms with Gasteiger partial charge in [-0.15, -0.1) is 0 Å². The molecule has 2 N–H and O–H groups in total. The first kappa shape index (κ1) is 18.6. The maximum atomic E-state index is 12.5. The number of hydrogen-bond acceptors (Lipinski definition) is 5. The van der Waals surface area contributed by atoms with Gasteiger partial charge in [0, 0.05) is 17.3 Å². The van der Waals surface area contributed by atoms with Crippen molar-refractivity contribution in [3.8, 4) is 28.5 Å². The average Bonchev–Trinajstić information content (AvgIpc) is 3.17. The van der Waals surface area contributed by atoms with Gasteiger partial charge >= 0.3 is 0 Å². The van der Waals surface area contributed by atoms with Crippen molar-refractivity contribution in [3.63, 3.8) is 0 Å². The van der Waals surface area contributed by atoms with E-state index in [1.54, 1.807) is 50.6 Å². The Morgan fingerprint density at radius 2 is 1.78 bits per heavy atom. The van der Waals surface area contributed by atoms with Gasteiger partial charge < -0.3 is 19.5 Å². The summed E-state index contributed by atoms with van der Waals surface area (Å²) in [5.41, 5.74) is 2.16. The Labute approximate surface area is 161 Å². The fraction of sp³-hybridized carbons (Fsp3) is 0.158. The molecule has 0 aliphatic heterocycles. The molecule has 2 aromatic carbocycles. The van der Waals surface area contributed by atoms with Crippen LogP contribution in [0, 0.1) is 0 Å². The van der Waals surface area contributed by atoms with Crippen LogP contribution in [0.5, 0.6) is 17.2 Å². The molecule has 0 spiro atoms. The monoisotopic (exact) mass is 387 g/mol. The zero-order chi connectivity index (χ0) is 19.4. The van der Waals surface area contributed by atoms with Crippen LogP contribution in [0.25, 0.3) is 11.3 Å². The maximum Gasteiger partial charge on any atom is 0.273 e. The second kappa shape index (κ2) is 8.01. The molecular weight excluding hydrogens is 370 g/mol. The Morgan fingerprint density at radius 3 is 2.44 bits per heavy atom. The number of ether oxygens (including phenoxy) is 3. The van der Waals surface area contributed by atoms with Crippen molar-refractivity contribution in [2.75, 3.05) is 26.6 Å². The molecule has 7 nitrogen and oxygen atoms in total. The third-order valence-electron chi connectivity index (χ3n) is 3.92. The number of nitrogens with zero attached hydrogens (tertiary/aromatic N) is 1. The molecule has 1 amide bonds. The van der Waals surface area contributed by atoms with Gasteiger partial charge in [0.05, 0.1) is 32.0 Å². The summed E-state index contributed by atoms with van der Waals surface area (Å²) >= 11 is 6.08. The van der Waals surface area contributed by atoms with Crippen molar-refractivity contribution in [1.29, 1.82) is 0 Å². The summed E-state index contributed by atoms with van der Waals surface area (Å²) in [6.07, 6.45) is 0. The number of hydrogen-bond donors (Lipinski definition) is 2. The molecule has 0 radical (unpaired) electrons. The van der Waals surface area contributed by atoms with Gasteiger partial charge in [-0.25, -0.2) is 0 Å². The normalized spacial score (nSPS) is 10.4. The van der Waals surface area contributed by atoms with Gasteiger partial charge in [0.25, 0.3) is 5.91 Å². The summed E-state index contributed by atoms with van der Waals surface area (Å²) in [6.45, 7) is 0. The maximum absolute atomic E-state index is 12.5. The number of nitrogens with one attached hydrogen (secondary N) is 2. The van der Waals surface area contributed by atoms with E-state index in [1.807, 2.05) is 6.07 Å². The zero-order valence-corrected chi connectivity index (χ0v) is 15.8. The summed E-state index contributed by atoms with van der Waals surface area (Å²) in [4.78, 5) is 12.5. The number of benzene rings is 2. The second-order valence-corrected chi connectivity index (χ2v) is 5.94. The second-order valence-electron chi connectivity index (χ2n) is 5.54. The SMILES string of the molecule is COc1ccc(-c2cc(C(=O)Nc3ccc(OC)c(Cl)c3)[nH]n2)c(OC)c1. The van der Waals surface area contributed by atoms with Crippen LogP contribution in [0.1, 0.15) is 10.5 Å². The molecule has 1 aromatic heterocycles. The predicted octanol–water partition coefficient (Wildman–Crippen LogP) is 4.01. The number of H-pyrrole nitrogens is 1. The average molecular weight is 388 g/mol. The van der Waals surface area contributed by atoms with E-state index in [0.29, 0.717) is 39.3 Å². The summed E-state index contributed by atoms with van der Waals surface area (Å²) in [5.74, 6) is 1.45. The van der Waals surface area contributed by atoms with Crippen molar-refractivity contribution >= 4 is 23.2 Å². The Bertz CT molecular complexity index is 971. The van der Waals surface area contributed by atoms with Gasteiger partial charge in [-0.1, -0.05) is 11.6 Å². The molecule has 0 saturated carbocycles. The van der Waals surface area contributed by atoms with Crippen LogP contribution in [0.2, 0.25) is 5.02 Å². The highest BCUT2D eigenvalue weighted by atomic mass is 35.5. The molecule has 0 aliphatic carbocycles. The molecule has 0 saturated heterocycles. The number of anilines is 1. The van der Waals surface area contributed by atoms with Crippen LogP contribution in [0.3, 0.4) is 0 Å². The van der Waals surface area contributed by atoms with E-state index in [0.717, 1.165) is 5.56 Å². The zero-order valence-electron chi connectivity index (χ0n) is 15.0. The number of carbonyl (C=O) groups is 1. The minimum atomic E-state index is -0.345. The van der Waals surface area contributed by atoms with Crippen molar-refractivity contribution in [2.45, 2.75) is 0 Å². The summed E-state index contributed by atoms with van der Waals surface area (Å²) in [6, 6.07) is 12.0. The van der Waals surface area contributed by atoms with Crippen LogP contribution in [0.15, 0.2) is 42.5 Å². The van der Waals surface area contributed by atoms with Crippen molar-refractivity contribution in [3.05, 3.63) is 53.2 Å². The van der Waals surface area contributed by atoms with Crippen LogP contribution < -0.4 is 19.5 Å². The van der Waals surface area contributed by atoms with Gasteiger partial charge in [-0.3, -0.25) is 9.89 Å². The van der Waals surface area contributed by atoms with E-state index in [4.69, 9.17) is 25.8 Å². The first-order valence-corrected chi connectivity index (χ1v) is 8.36. The molecule has 0 fully saturated rings. The molecule has 0 aliphatic rings. The van der Waals surface area contributed by atoms with Crippen LogP contribution >= 0.6 is 11.6 Å². The lowest BCUT2D eigenvalue weighted by Crippen LogP contribution is -2.12. The summed E-state index contributed by atoms with van der Waals surface area (Å²) < 4.78 is 15.7. The Kier molecular flexibility index (Phi) is 5.52. The van der Waals surface area contributed by atoms with Gasteiger partial charge in [-0.2, -0.15) is 5.10 Å². The highest BCUT2D eigenvalue weighted by Gasteiger charge is 2.15. The highest BCUT2D eigenvalue weighted by Crippen LogP contribution is 2.32. The lowest BCUT2D eigenvalue weighted by Gasteiger charge is -2.08. The van der Waals surface area contributed by atoms with E-state index in [2.05, 4.69) is 15.5 Å². The Hall–Kier alpha value is -3.19. The van der Waals surface area contributed by atoms with Gasteiger partial charge in [0.15, 0.2) is 0 Å². The number of halogens is 1. The molecule has 0 atom stereocenters. The lowest BCUT2D eigenvalue weighted by molar-refractivity contribution is 0.102. The molecule has 3 aromatic rings. The standard InChI is InChI=1S/C19H18ClN3O4/c1-25-12-5-6-13(18(9-12)27-3)15-10-16(23-22-15)19(24)21-11-4-7-17(26-2)14(20)8-11/h4-10H,1-3H3,(H,21,24)(H,22,23). The smallest absolute Gasteiger partial charge is 0.273 e. The van der Waals surface area contributed by atoms with Crippen LogP contribution in [-0.4, -0.2) is 37.4 Å². The Morgan fingerprint density at radius 1 is 1.00 bits per heavy atom. The van der Waals surface area contributed by atoms with E-state index in [-0.39, 0.29) is 5.91 Å². The molecular formula is C19H18ClN3O4. The molecule has 0 bridgehead atoms. The van der Waals surface area contributed by atoms with Gasteiger partial charge in [0.2, 0.25) is 0 Å². The van der Waals surface area contributed by atoms with Gasteiger partial charge in [-0.05, 0) is 36.4 Å². The number of aromatic amines is 1. The van der Waals surface area contributed by atoms with Crippen molar-refractivity contribution < 1.29 is 19.0 Å². The summed E-state index contributed by atoms with van der Waals surface area (Å²) in [7, 11) is 4.67. The largest absolute Gasteiger partial charge is 0.497 e. The van der Waals surface area contributed by atoms with E-state index >= 15 is 0 Å². The molecule has 140 valence electrons. The number of carbonyl (C=O) groups excluding carboxylic acids is 1. The minimum Gasteiger partial charge on any atom is -0.497 e. The fourth-order valence-corrected chi connectivity index (χ4v) is 2.79. The van der Waals surface area contributed by atoms with E-state index in [1.165, 1.54) is 7.11 Å². The molecule has 27 heavy (non-hydrogen) atoms. The number of amides is 1. The Balaban J connectivity index is 1.81. The van der Waals surface area contributed by atoms with Gasteiger partial charge in [0.1, 0.15) is 22.9 Å². The third kappa shape index (κ3) is 3.98. The van der Waals surface area contributed by atoms with Crippen molar-refractivity contribution in [1.82, 2.24) is 10.2 Å². The molecule has 3 rings (SSSR count). The van der Waals surface area contributed by atoms with Crippen LogP contribution in [-0.2, 0) is 0 Å². The first-order chi connectivity index (χ1) is 13.0. The van der Waals surface area contributed by atoms with Crippen LogP contribution in [0.4, 0.5) is 5.69 Å². The number of rotatable bonds is 6. The van der Waals surface area contributed by atoms with E-state index in [9.17, 15) is 4.79 Å². The highest BCUT2D eigenvalue weighted by molar-refractivity contribution is 6.32. The lowest BCUT2D eigenvalue weighted by atomic mass is 10.1. The third-order valence-corrected chi connectivity index (χ3v) is 4.21. The minimum absolute atomic E-state index is 0.301. The quantitative estimate of drug-likeness (QED) is 0.667. The number of methoxy groups -OCH3 is 3. The molecule has 1 heterocycles. The number of aromatic nitrogens is 2. The summed E-state index contributed by atoms with van der Waals surface area (Å²) in [5, 5.41) is 10.1. The first-order valence-electron chi connectivity index (χ1n) is 7.98. The topological polar surface area (TPSA) is 85.5 Å². The van der Waals surface area contributed by atoms with Crippen molar-refractivity contribution in [2.24, 2.45) is 0 Å². The molecule has 8 heteroatoms. The fourth-order valence-electron chi connectivity index (χ4n) is 2.53. The molecule has 0 unspecified atom stereocenters. The predicted molar refractivity (Wildman–Crippen MR) is 103 cm³/mol. The van der Waals surface area contributed by atoms with E-state index < -0.39 is 0 Å².